The zero-order chi connectivity index (χ0) is 14.6. The van der Waals surface area contributed by atoms with Gasteiger partial charge in [-0.1, -0.05) is 5.92 Å². The summed E-state index contributed by atoms with van der Waals surface area (Å²) in [5.74, 6) is 3.98. The van der Waals surface area contributed by atoms with Crippen molar-refractivity contribution in [3.05, 3.63) is 18.0 Å². The number of aromatic nitrogens is 1. The van der Waals surface area contributed by atoms with Crippen LogP contribution in [0.25, 0.3) is 0 Å². The van der Waals surface area contributed by atoms with Gasteiger partial charge < -0.3 is 9.67 Å². The van der Waals surface area contributed by atoms with Gasteiger partial charge in [-0.3, -0.25) is 0 Å². The molecule has 1 rings (SSSR count). The number of sulfonamides is 1. The molecule has 0 aromatic carbocycles. The molecule has 0 saturated heterocycles. The van der Waals surface area contributed by atoms with Crippen molar-refractivity contribution in [2.75, 3.05) is 6.54 Å². The summed E-state index contributed by atoms with van der Waals surface area (Å²) >= 11 is 0. The Morgan fingerprint density at radius 2 is 2.16 bits per heavy atom. The average molecular weight is 284 g/mol. The van der Waals surface area contributed by atoms with E-state index in [0.717, 1.165) is 6.07 Å². The first-order chi connectivity index (χ1) is 8.79. The summed E-state index contributed by atoms with van der Waals surface area (Å²) in [7, 11) is -3.74. The first kappa shape index (κ1) is 15.3. The number of hydrogen-bond donors (Lipinski definition) is 2. The lowest BCUT2D eigenvalue weighted by Gasteiger charge is -2.09. The van der Waals surface area contributed by atoms with Crippen molar-refractivity contribution < 1.29 is 18.3 Å². The number of carboxylic acid groups (broad SMARTS) is 1. The van der Waals surface area contributed by atoms with Crippen LogP contribution in [0.5, 0.6) is 0 Å². The highest BCUT2D eigenvalue weighted by atomic mass is 32.2. The van der Waals surface area contributed by atoms with Crippen LogP contribution in [0.15, 0.2) is 17.2 Å². The molecule has 0 aliphatic carbocycles. The van der Waals surface area contributed by atoms with Crippen LogP contribution in [0.2, 0.25) is 0 Å². The van der Waals surface area contributed by atoms with Crippen molar-refractivity contribution in [1.82, 2.24) is 9.29 Å². The number of aromatic carboxylic acids is 1. The van der Waals surface area contributed by atoms with Crippen molar-refractivity contribution in [3.8, 4) is 11.8 Å². The van der Waals surface area contributed by atoms with Gasteiger partial charge in [0.15, 0.2) is 0 Å². The number of hydrogen-bond acceptors (Lipinski definition) is 3. The maximum atomic E-state index is 11.9. The van der Waals surface area contributed by atoms with Gasteiger partial charge in [0.05, 0.1) is 6.54 Å². The summed E-state index contributed by atoms with van der Waals surface area (Å²) in [6, 6.07) is 0.995. The van der Waals surface area contributed by atoms with Gasteiger partial charge in [-0.05, 0) is 26.8 Å². The summed E-state index contributed by atoms with van der Waals surface area (Å²) < 4.78 is 27.6. The second kappa shape index (κ2) is 5.91. The Labute approximate surface area is 112 Å². The van der Waals surface area contributed by atoms with Crippen molar-refractivity contribution in [2.24, 2.45) is 0 Å². The first-order valence-corrected chi connectivity index (χ1v) is 7.12. The average Bonchev–Trinajstić information content (AvgIpc) is 2.74. The van der Waals surface area contributed by atoms with Gasteiger partial charge in [0.25, 0.3) is 0 Å². The molecule has 7 heteroatoms. The molecule has 0 amide bonds. The van der Waals surface area contributed by atoms with Crippen molar-refractivity contribution in [1.29, 1.82) is 0 Å². The molecule has 1 aromatic rings. The van der Waals surface area contributed by atoms with Gasteiger partial charge in [-0.2, -0.15) is 4.72 Å². The van der Waals surface area contributed by atoms with Crippen molar-refractivity contribution in [3.63, 3.8) is 0 Å². The van der Waals surface area contributed by atoms with E-state index in [1.165, 1.54) is 10.8 Å². The molecular weight excluding hydrogens is 268 g/mol. The van der Waals surface area contributed by atoms with Crippen LogP contribution in [-0.2, 0) is 10.0 Å². The highest BCUT2D eigenvalue weighted by Gasteiger charge is 2.21. The van der Waals surface area contributed by atoms with Gasteiger partial charge in [0.1, 0.15) is 10.6 Å². The maximum Gasteiger partial charge on any atom is 0.352 e. The molecule has 2 N–H and O–H groups in total. The molecule has 6 nitrogen and oxygen atoms in total. The van der Waals surface area contributed by atoms with Crippen LogP contribution in [0.1, 0.15) is 37.3 Å². The predicted molar refractivity (Wildman–Crippen MR) is 70.4 cm³/mol. The Kier molecular flexibility index (Phi) is 4.75. The molecule has 1 heterocycles. The largest absolute Gasteiger partial charge is 0.477 e. The monoisotopic (exact) mass is 284 g/mol. The highest BCUT2D eigenvalue weighted by molar-refractivity contribution is 7.89. The topological polar surface area (TPSA) is 88.4 Å². The van der Waals surface area contributed by atoms with E-state index >= 15 is 0 Å². The lowest BCUT2D eigenvalue weighted by Crippen LogP contribution is -2.23. The third-order valence-corrected chi connectivity index (χ3v) is 3.80. The molecule has 104 valence electrons. The molecule has 0 unspecified atom stereocenters. The number of rotatable bonds is 5. The van der Waals surface area contributed by atoms with Crippen molar-refractivity contribution in [2.45, 2.75) is 31.7 Å². The number of nitrogens with one attached hydrogen (secondary N) is 1. The second-order valence-electron chi connectivity index (χ2n) is 4.12. The van der Waals surface area contributed by atoms with Gasteiger partial charge >= 0.3 is 5.97 Å². The minimum absolute atomic E-state index is 0.00586. The molecule has 1 aromatic heterocycles. The molecule has 0 aliphatic rings. The smallest absolute Gasteiger partial charge is 0.352 e. The molecule has 0 fully saturated rings. The zero-order valence-electron chi connectivity index (χ0n) is 11.0. The third kappa shape index (κ3) is 3.59. The summed E-state index contributed by atoms with van der Waals surface area (Å²) in [5, 5.41) is 9.05. The molecule has 0 saturated carbocycles. The molecular formula is C12H16N2O4S. The minimum atomic E-state index is -3.74. The fourth-order valence-corrected chi connectivity index (χ4v) is 2.45. The Bertz CT molecular complexity index is 632. The summed E-state index contributed by atoms with van der Waals surface area (Å²) in [5.41, 5.74) is -0.0584. The normalized spacial score (nSPS) is 11.2. The number of carboxylic acids is 1. The lowest BCUT2D eigenvalue weighted by atomic mass is 10.3. The van der Waals surface area contributed by atoms with Crippen LogP contribution in [0, 0.1) is 11.8 Å². The molecule has 19 heavy (non-hydrogen) atoms. The Balaban J connectivity index is 3.17. The molecule has 0 bridgehead atoms. The fourth-order valence-electron chi connectivity index (χ4n) is 1.50. The van der Waals surface area contributed by atoms with Crippen LogP contribution in [0.3, 0.4) is 0 Å². The van der Waals surface area contributed by atoms with E-state index < -0.39 is 16.0 Å². The lowest BCUT2D eigenvalue weighted by molar-refractivity contribution is 0.0683. The quantitative estimate of drug-likeness (QED) is 0.792. The Morgan fingerprint density at radius 3 is 2.58 bits per heavy atom. The van der Waals surface area contributed by atoms with Crippen LogP contribution < -0.4 is 4.72 Å². The van der Waals surface area contributed by atoms with Crippen LogP contribution >= 0.6 is 0 Å². The van der Waals surface area contributed by atoms with E-state index in [4.69, 9.17) is 5.11 Å². The van der Waals surface area contributed by atoms with Crippen LogP contribution in [0.4, 0.5) is 0 Å². The standard InChI is InChI=1S/C12H16N2O4S/c1-4-5-6-13-19(17,18)10-7-11(12(15)16)14(8-10)9(2)3/h7-9,13H,6H2,1-3H3,(H,15,16). The molecule has 0 atom stereocenters. The molecule has 0 aliphatic heterocycles. The number of nitrogens with zero attached hydrogens (tertiary/aromatic N) is 1. The number of carbonyl (C=O) groups is 1. The molecule has 0 radical (unpaired) electrons. The first-order valence-electron chi connectivity index (χ1n) is 5.64. The Hall–Kier alpha value is -1.78. The van der Waals surface area contributed by atoms with E-state index in [9.17, 15) is 13.2 Å². The predicted octanol–water partition coefficient (Wildman–Crippen LogP) is 1.07. The maximum absolute atomic E-state index is 11.9. The summed E-state index contributed by atoms with van der Waals surface area (Å²) in [6.07, 6.45) is 1.32. The van der Waals surface area contributed by atoms with E-state index in [-0.39, 0.29) is 23.2 Å². The third-order valence-electron chi connectivity index (χ3n) is 2.44. The van der Waals surface area contributed by atoms with Crippen molar-refractivity contribution >= 4 is 16.0 Å². The van der Waals surface area contributed by atoms with E-state index in [0.29, 0.717) is 0 Å². The Morgan fingerprint density at radius 1 is 1.53 bits per heavy atom. The van der Waals surface area contributed by atoms with E-state index in [1.54, 1.807) is 20.8 Å². The minimum Gasteiger partial charge on any atom is -0.477 e. The van der Waals surface area contributed by atoms with Gasteiger partial charge in [0, 0.05) is 12.2 Å². The highest BCUT2D eigenvalue weighted by Crippen LogP contribution is 2.18. The van der Waals surface area contributed by atoms with E-state index in [1.807, 2.05) is 0 Å². The zero-order valence-corrected chi connectivity index (χ0v) is 11.8. The van der Waals surface area contributed by atoms with Crippen LogP contribution in [-0.4, -0.2) is 30.6 Å². The molecule has 0 spiro atoms. The summed E-state index contributed by atoms with van der Waals surface area (Å²) in [4.78, 5) is 11.0. The summed E-state index contributed by atoms with van der Waals surface area (Å²) in [6.45, 7) is 5.15. The fraction of sp³-hybridized carbons (Fsp3) is 0.417. The van der Waals surface area contributed by atoms with Gasteiger partial charge in [-0.15, -0.1) is 5.92 Å². The van der Waals surface area contributed by atoms with E-state index in [2.05, 4.69) is 16.6 Å². The SMILES string of the molecule is CC#CCNS(=O)(=O)c1cc(C(=O)O)n(C(C)C)c1. The van der Waals surface area contributed by atoms with Gasteiger partial charge in [0.2, 0.25) is 10.0 Å². The van der Waals surface area contributed by atoms with Gasteiger partial charge in [-0.25, -0.2) is 13.2 Å². The second-order valence-corrected chi connectivity index (χ2v) is 5.89.